The molecule has 114 valence electrons. The molecule has 3 nitrogen and oxygen atoms in total. The molecule has 1 aromatic rings. The van der Waals surface area contributed by atoms with Gasteiger partial charge in [-0.15, -0.1) is 0 Å². The number of nitrogens with one attached hydrogen (secondary N) is 1. The van der Waals surface area contributed by atoms with E-state index in [-0.39, 0.29) is 11.0 Å². The average molecular weight is 286 g/mol. The quantitative estimate of drug-likeness (QED) is 0.861. The zero-order valence-corrected chi connectivity index (χ0v) is 13.6. The number of ether oxygens (including phenoxy) is 1. The maximum atomic E-state index is 8.89. The minimum Gasteiger partial charge on any atom is -0.493 e. The number of hydrogen-bond acceptors (Lipinski definition) is 3. The van der Waals surface area contributed by atoms with Crippen molar-refractivity contribution in [1.82, 2.24) is 5.32 Å². The van der Waals surface area contributed by atoms with Gasteiger partial charge in [0.05, 0.1) is 12.7 Å². The molecular formula is C18H26N2O. The summed E-state index contributed by atoms with van der Waals surface area (Å²) in [7, 11) is 0. The topological polar surface area (TPSA) is 45.0 Å². The highest BCUT2D eigenvalue weighted by Gasteiger charge is 2.43. The second-order valence-corrected chi connectivity index (χ2v) is 7.34. The fourth-order valence-corrected chi connectivity index (χ4v) is 2.30. The molecule has 0 heterocycles. The van der Waals surface area contributed by atoms with E-state index >= 15 is 0 Å². The summed E-state index contributed by atoms with van der Waals surface area (Å²) in [5.41, 5.74) is 2.64. The molecular weight excluding hydrogens is 260 g/mol. The molecule has 3 heteroatoms. The minimum absolute atomic E-state index is 0.0829. The van der Waals surface area contributed by atoms with Crippen molar-refractivity contribution >= 4 is 0 Å². The monoisotopic (exact) mass is 286 g/mol. The summed E-state index contributed by atoms with van der Waals surface area (Å²) in [6.45, 7) is 10.0. The Morgan fingerprint density at radius 1 is 1.33 bits per heavy atom. The smallest absolute Gasteiger partial charge is 0.123 e. The molecule has 2 rings (SSSR count). The van der Waals surface area contributed by atoms with E-state index in [0.717, 1.165) is 25.1 Å². The molecule has 1 aliphatic rings. The second-order valence-electron chi connectivity index (χ2n) is 7.34. The van der Waals surface area contributed by atoms with Gasteiger partial charge in [-0.05, 0) is 46.6 Å². The summed E-state index contributed by atoms with van der Waals surface area (Å²) in [5.74, 6) is 0.946. The van der Waals surface area contributed by atoms with Crippen molar-refractivity contribution in [2.45, 2.75) is 59.0 Å². The van der Waals surface area contributed by atoms with Crippen molar-refractivity contribution in [3.05, 3.63) is 29.3 Å². The van der Waals surface area contributed by atoms with Crippen LogP contribution >= 0.6 is 0 Å². The van der Waals surface area contributed by atoms with Gasteiger partial charge in [-0.25, -0.2) is 0 Å². The molecule has 0 spiro atoms. The summed E-state index contributed by atoms with van der Waals surface area (Å²) in [5, 5.41) is 12.4. The molecule has 0 saturated heterocycles. The van der Waals surface area contributed by atoms with Crippen LogP contribution in [-0.2, 0) is 6.54 Å². The van der Waals surface area contributed by atoms with Crippen LogP contribution in [0.2, 0.25) is 0 Å². The molecule has 0 radical (unpaired) electrons. The molecule has 1 aromatic carbocycles. The Morgan fingerprint density at radius 3 is 2.62 bits per heavy atom. The third-order valence-corrected chi connectivity index (χ3v) is 3.97. The van der Waals surface area contributed by atoms with Gasteiger partial charge in [0.25, 0.3) is 0 Å². The molecule has 0 aromatic heterocycles. The van der Waals surface area contributed by atoms with Gasteiger partial charge in [-0.2, -0.15) is 5.26 Å². The predicted molar refractivity (Wildman–Crippen MR) is 85.2 cm³/mol. The average Bonchev–Trinajstić information content (AvgIpc) is 3.15. The Balaban J connectivity index is 2.03. The largest absolute Gasteiger partial charge is 0.493 e. The van der Waals surface area contributed by atoms with Gasteiger partial charge >= 0.3 is 0 Å². The first-order chi connectivity index (χ1) is 9.84. The van der Waals surface area contributed by atoms with Gasteiger partial charge in [0.1, 0.15) is 5.75 Å². The summed E-state index contributed by atoms with van der Waals surface area (Å²) >= 11 is 0. The summed E-state index contributed by atoms with van der Waals surface area (Å²) in [6, 6.07) is 8.60. The van der Waals surface area contributed by atoms with Crippen molar-refractivity contribution in [2.75, 3.05) is 6.61 Å². The fraction of sp³-hybridized carbons (Fsp3) is 0.611. The second kappa shape index (κ2) is 6.07. The van der Waals surface area contributed by atoms with Gasteiger partial charge in [0, 0.05) is 29.5 Å². The Bertz CT molecular complexity index is 533. The van der Waals surface area contributed by atoms with Crippen LogP contribution in [0.4, 0.5) is 0 Å². The maximum absolute atomic E-state index is 8.89. The molecule has 1 aliphatic carbocycles. The van der Waals surface area contributed by atoms with E-state index in [9.17, 15) is 0 Å². The van der Waals surface area contributed by atoms with Crippen molar-refractivity contribution in [3.8, 4) is 11.8 Å². The van der Waals surface area contributed by atoms with E-state index in [0.29, 0.717) is 13.0 Å². The molecule has 0 atom stereocenters. The highest BCUT2D eigenvalue weighted by Crippen LogP contribution is 2.48. The number of aryl methyl sites for hydroxylation is 1. The zero-order chi connectivity index (χ0) is 15.5. The molecule has 0 aliphatic heterocycles. The van der Waals surface area contributed by atoms with Crippen LogP contribution in [-0.4, -0.2) is 12.1 Å². The lowest BCUT2D eigenvalue weighted by atomic mass is 10.0. The number of nitrogens with zero attached hydrogens (tertiary/aromatic N) is 1. The van der Waals surface area contributed by atoms with E-state index in [1.165, 1.54) is 11.1 Å². The molecule has 0 bridgehead atoms. The van der Waals surface area contributed by atoms with E-state index in [1.807, 2.05) is 0 Å². The van der Waals surface area contributed by atoms with Crippen molar-refractivity contribution in [1.29, 1.82) is 5.26 Å². The highest BCUT2D eigenvalue weighted by atomic mass is 16.5. The Morgan fingerprint density at radius 2 is 2.05 bits per heavy atom. The van der Waals surface area contributed by atoms with E-state index in [4.69, 9.17) is 10.00 Å². The van der Waals surface area contributed by atoms with Crippen LogP contribution in [0.5, 0.6) is 5.75 Å². The van der Waals surface area contributed by atoms with Gasteiger partial charge in [-0.1, -0.05) is 17.7 Å². The minimum atomic E-state index is 0.0829. The number of hydrogen-bond donors (Lipinski definition) is 1. The van der Waals surface area contributed by atoms with Crippen LogP contribution in [0.25, 0.3) is 0 Å². The Hall–Kier alpha value is -1.53. The summed E-state index contributed by atoms with van der Waals surface area (Å²) < 4.78 is 6.05. The molecule has 1 fully saturated rings. The fourth-order valence-electron chi connectivity index (χ4n) is 2.30. The van der Waals surface area contributed by atoms with E-state index in [2.05, 4.69) is 57.3 Å². The lowest BCUT2D eigenvalue weighted by molar-refractivity contribution is 0.234. The van der Waals surface area contributed by atoms with Crippen LogP contribution in [0, 0.1) is 23.7 Å². The molecule has 0 amide bonds. The standard InChI is InChI=1S/C18H26N2O/c1-14-5-6-16(15(11-14)12-20-17(2,3)4)21-13-18(7-8-18)9-10-19/h5-6,11,20H,7-9,12-13H2,1-4H3. The predicted octanol–water partition coefficient (Wildman–Crippen LogP) is 3.96. The van der Waals surface area contributed by atoms with Crippen molar-refractivity contribution in [2.24, 2.45) is 5.41 Å². The number of benzene rings is 1. The van der Waals surface area contributed by atoms with Gasteiger partial charge in [0.15, 0.2) is 0 Å². The lowest BCUT2D eigenvalue weighted by Crippen LogP contribution is -2.35. The molecule has 1 saturated carbocycles. The van der Waals surface area contributed by atoms with E-state index < -0.39 is 0 Å². The SMILES string of the molecule is Cc1ccc(OCC2(CC#N)CC2)c(CNC(C)(C)C)c1. The van der Waals surface area contributed by atoms with Crippen LogP contribution in [0.15, 0.2) is 18.2 Å². The summed E-state index contributed by atoms with van der Waals surface area (Å²) in [4.78, 5) is 0. The van der Waals surface area contributed by atoms with Gasteiger partial charge < -0.3 is 10.1 Å². The Labute approximate surface area is 128 Å². The lowest BCUT2D eigenvalue weighted by Gasteiger charge is -2.22. The molecule has 1 N–H and O–H groups in total. The van der Waals surface area contributed by atoms with Gasteiger partial charge in [0.2, 0.25) is 0 Å². The maximum Gasteiger partial charge on any atom is 0.123 e. The van der Waals surface area contributed by atoms with Crippen molar-refractivity contribution < 1.29 is 4.74 Å². The number of nitriles is 1. The highest BCUT2D eigenvalue weighted by molar-refractivity contribution is 5.37. The molecule has 21 heavy (non-hydrogen) atoms. The molecule has 0 unspecified atom stereocenters. The van der Waals surface area contributed by atoms with Crippen LogP contribution in [0.1, 0.15) is 51.2 Å². The van der Waals surface area contributed by atoms with Crippen molar-refractivity contribution in [3.63, 3.8) is 0 Å². The zero-order valence-electron chi connectivity index (χ0n) is 13.6. The number of rotatable bonds is 6. The summed E-state index contributed by atoms with van der Waals surface area (Å²) in [6.07, 6.45) is 2.83. The van der Waals surface area contributed by atoms with E-state index in [1.54, 1.807) is 0 Å². The third-order valence-electron chi connectivity index (χ3n) is 3.97. The first-order valence-corrected chi connectivity index (χ1v) is 7.68. The Kier molecular flexibility index (Phi) is 4.58. The first-order valence-electron chi connectivity index (χ1n) is 7.68. The van der Waals surface area contributed by atoms with Gasteiger partial charge in [-0.3, -0.25) is 0 Å². The van der Waals surface area contributed by atoms with Crippen LogP contribution < -0.4 is 10.1 Å². The normalized spacial score (nSPS) is 16.3. The van der Waals surface area contributed by atoms with Crippen LogP contribution in [0.3, 0.4) is 0 Å². The third kappa shape index (κ3) is 4.75. The first kappa shape index (κ1) is 15.9.